The Morgan fingerprint density at radius 1 is 0.900 bits per heavy atom. The van der Waals surface area contributed by atoms with E-state index in [1.54, 1.807) is 15.6 Å². The predicted molar refractivity (Wildman–Crippen MR) is 157 cm³/mol. The molecule has 0 aliphatic carbocycles. The molecule has 0 radical (unpaired) electrons. The summed E-state index contributed by atoms with van der Waals surface area (Å²) in [6, 6.07) is 8.59. The van der Waals surface area contributed by atoms with Crippen molar-refractivity contribution in [2.45, 2.75) is 63.9 Å². The Morgan fingerprint density at radius 3 is 1.85 bits per heavy atom. The van der Waals surface area contributed by atoms with Gasteiger partial charge < -0.3 is 15.0 Å². The molecule has 2 aliphatic heterocycles. The highest BCUT2D eigenvalue weighted by Crippen LogP contribution is 2.29. The SMILES string of the molecule is CC(C)(C)OC(=O)N1CCC(c2ccn3nncc3c2)CC1.ClCCl.c1cn2nncc2cc1C1CCNCC1. The van der Waals surface area contributed by atoms with Crippen LogP contribution in [0.1, 0.15) is 69.4 Å². The number of fused-ring (bicyclic) bond motifs is 2. The zero-order valence-electron chi connectivity index (χ0n) is 23.3. The van der Waals surface area contributed by atoms with Gasteiger partial charge in [-0.15, -0.1) is 33.4 Å². The van der Waals surface area contributed by atoms with Crippen molar-refractivity contribution in [1.82, 2.24) is 39.9 Å². The summed E-state index contributed by atoms with van der Waals surface area (Å²) in [5, 5.41) is 19.3. The second kappa shape index (κ2) is 14.1. The second-order valence-corrected chi connectivity index (χ2v) is 11.8. The molecule has 0 spiro atoms. The Hall–Kier alpha value is -2.95. The average Bonchev–Trinajstić information content (AvgIpc) is 3.62. The number of aromatic nitrogens is 6. The Kier molecular flexibility index (Phi) is 10.6. The monoisotopic (exact) mass is 588 g/mol. The lowest BCUT2D eigenvalue weighted by Crippen LogP contribution is -2.41. The molecule has 1 N–H and O–H groups in total. The number of carbonyl (C=O) groups is 1. The van der Waals surface area contributed by atoms with Gasteiger partial charge in [0, 0.05) is 25.5 Å². The van der Waals surface area contributed by atoms with E-state index in [1.807, 2.05) is 43.9 Å². The molecule has 0 unspecified atom stereocenters. The number of likely N-dealkylation sites (tertiary alicyclic amines) is 1. The summed E-state index contributed by atoms with van der Waals surface area (Å²) in [5.41, 5.74) is 4.37. The fraction of sp³-hybridized carbons (Fsp3) is 0.536. The van der Waals surface area contributed by atoms with E-state index in [1.165, 1.54) is 24.0 Å². The molecular weight excluding hydrogens is 551 g/mol. The van der Waals surface area contributed by atoms with Gasteiger partial charge in [-0.1, -0.05) is 10.4 Å². The Bertz CT molecular complexity index is 1360. The van der Waals surface area contributed by atoms with Crippen molar-refractivity contribution in [2.75, 3.05) is 31.5 Å². The number of carbonyl (C=O) groups excluding carboxylic acids is 1. The molecule has 2 saturated heterocycles. The first-order valence-electron chi connectivity index (χ1n) is 13.7. The van der Waals surface area contributed by atoms with Crippen molar-refractivity contribution < 1.29 is 9.53 Å². The van der Waals surface area contributed by atoms with E-state index in [0.717, 1.165) is 50.1 Å². The van der Waals surface area contributed by atoms with E-state index < -0.39 is 5.60 Å². The zero-order valence-corrected chi connectivity index (χ0v) is 24.9. The van der Waals surface area contributed by atoms with Gasteiger partial charge in [-0.2, -0.15) is 0 Å². The first kappa shape index (κ1) is 30.0. The lowest BCUT2D eigenvalue weighted by atomic mass is 9.90. The number of amides is 1. The molecule has 0 aromatic carbocycles. The molecule has 2 fully saturated rings. The molecule has 40 heavy (non-hydrogen) atoms. The van der Waals surface area contributed by atoms with Crippen molar-refractivity contribution in [2.24, 2.45) is 0 Å². The summed E-state index contributed by atoms with van der Waals surface area (Å²) < 4.78 is 9.01. The van der Waals surface area contributed by atoms with Gasteiger partial charge in [-0.25, -0.2) is 13.8 Å². The summed E-state index contributed by atoms with van der Waals surface area (Å²) in [7, 11) is 0. The minimum absolute atomic E-state index is 0.194. The highest BCUT2D eigenvalue weighted by atomic mass is 35.5. The third-order valence-electron chi connectivity index (χ3n) is 7.08. The third kappa shape index (κ3) is 8.28. The van der Waals surface area contributed by atoms with Crippen molar-refractivity contribution in [3.8, 4) is 0 Å². The largest absolute Gasteiger partial charge is 0.444 e. The van der Waals surface area contributed by atoms with Crippen LogP contribution in [-0.2, 0) is 4.74 Å². The number of piperidine rings is 2. The van der Waals surface area contributed by atoms with Gasteiger partial charge in [0.1, 0.15) is 5.60 Å². The highest BCUT2D eigenvalue weighted by Gasteiger charge is 2.27. The Morgan fingerprint density at radius 2 is 1.38 bits per heavy atom. The molecule has 216 valence electrons. The van der Waals surface area contributed by atoms with Crippen LogP contribution in [0.5, 0.6) is 0 Å². The number of nitrogens with zero attached hydrogens (tertiary/aromatic N) is 7. The van der Waals surface area contributed by atoms with Gasteiger partial charge in [0.05, 0.1) is 28.8 Å². The van der Waals surface area contributed by atoms with E-state index in [2.05, 4.69) is 50.2 Å². The maximum atomic E-state index is 12.1. The van der Waals surface area contributed by atoms with Gasteiger partial charge in [0.15, 0.2) is 0 Å². The topological polar surface area (TPSA) is 102 Å². The summed E-state index contributed by atoms with van der Waals surface area (Å²) in [4.78, 5) is 13.9. The number of nitrogens with one attached hydrogen (secondary N) is 1. The van der Waals surface area contributed by atoms with Crippen LogP contribution in [0.25, 0.3) is 11.0 Å². The molecular formula is C28H38Cl2N8O2. The van der Waals surface area contributed by atoms with Crippen LogP contribution in [0.15, 0.2) is 49.1 Å². The lowest BCUT2D eigenvalue weighted by molar-refractivity contribution is 0.0205. The zero-order chi connectivity index (χ0) is 28.5. The number of ether oxygens (including phenoxy) is 1. The molecule has 10 nitrogen and oxygen atoms in total. The highest BCUT2D eigenvalue weighted by molar-refractivity contribution is 6.40. The maximum Gasteiger partial charge on any atom is 0.410 e. The Labute approximate surface area is 245 Å². The average molecular weight is 590 g/mol. The van der Waals surface area contributed by atoms with Gasteiger partial charge >= 0.3 is 6.09 Å². The van der Waals surface area contributed by atoms with Crippen LogP contribution in [0, 0.1) is 0 Å². The van der Waals surface area contributed by atoms with Crippen molar-refractivity contribution in [3.63, 3.8) is 0 Å². The van der Waals surface area contributed by atoms with Crippen molar-refractivity contribution >= 4 is 40.3 Å². The normalized spacial score (nSPS) is 16.7. The first-order valence-corrected chi connectivity index (χ1v) is 14.7. The standard InChI is InChI=1S/C16H22N4O2.C11H14N4.CH2Cl2/c1-16(2,3)22-15(21)19-7-4-12(5-8-19)13-6-9-20-14(10-13)11-17-18-20;1-4-12-5-2-9(1)10-3-6-15-11(7-10)8-13-14-15;2-1-3/h6,9-12H,4-5,7-8H2,1-3H3;3,6-9,12H,1-2,4-5H2;1H2. The quantitative estimate of drug-likeness (QED) is 0.310. The van der Waals surface area contributed by atoms with Crippen molar-refractivity contribution in [1.29, 1.82) is 0 Å². The van der Waals surface area contributed by atoms with Gasteiger partial charge in [0.25, 0.3) is 0 Å². The minimum atomic E-state index is -0.437. The van der Waals surface area contributed by atoms with E-state index in [-0.39, 0.29) is 11.4 Å². The summed E-state index contributed by atoms with van der Waals surface area (Å²) in [6.45, 7) is 9.43. The van der Waals surface area contributed by atoms with Gasteiger partial charge in [-0.05, 0) is 107 Å². The van der Waals surface area contributed by atoms with E-state index >= 15 is 0 Å². The lowest BCUT2D eigenvalue weighted by Gasteiger charge is -2.33. The molecule has 6 rings (SSSR count). The van der Waals surface area contributed by atoms with Crippen LogP contribution >= 0.6 is 23.2 Å². The van der Waals surface area contributed by atoms with Crippen LogP contribution in [0.2, 0.25) is 0 Å². The van der Waals surface area contributed by atoms with E-state index in [9.17, 15) is 4.79 Å². The molecule has 12 heteroatoms. The van der Waals surface area contributed by atoms with Gasteiger partial charge in [-0.3, -0.25) is 0 Å². The smallest absolute Gasteiger partial charge is 0.410 e. The molecule has 2 aliphatic rings. The minimum Gasteiger partial charge on any atom is -0.444 e. The number of rotatable bonds is 2. The van der Waals surface area contributed by atoms with E-state index in [0.29, 0.717) is 11.8 Å². The summed E-state index contributed by atoms with van der Waals surface area (Å²) in [5.74, 6) is 1.17. The molecule has 1 amide bonds. The van der Waals surface area contributed by atoms with Crippen molar-refractivity contribution in [3.05, 3.63) is 60.2 Å². The van der Waals surface area contributed by atoms with Crippen LogP contribution in [0.3, 0.4) is 0 Å². The van der Waals surface area contributed by atoms with Crippen LogP contribution in [-0.4, -0.2) is 77.8 Å². The number of pyridine rings is 2. The Balaban J connectivity index is 0.000000178. The molecule has 0 atom stereocenters. The summed E-state index contributed by atoms with van der Waals surface area (Å²) >= 11 is 9.53. The third-order valence-corrected chi connectivity index (χ3v) is 7.08. The second-order valence-electron chi connectivity index (χ2n) is 11.0. The predicted octanol–water partition coefficient (Wildman–Crippen LogP) is 5.46. The number of halogens is 2. The fourth-order valence-electron chi connectivity index (χ4n) is 5.08. The van der Waals surface area contributed by atoms with Crippen LogP contribution in [0.4, 0.5) is 4.79 Å². The number of hydrogen-bond donors (Lipinski definition) is 1. The summed E-state index contributed by atoms with van der Waals surface area (Å²) in [6.07, 6.45) is 11.7. The number of alkyl halides is 2. The maximum absolute atomic E-state index is 12.1. The van der Waals surface area contributed by atoms with Gasteiger partial charge in [0.2, 0.25) is 0 Å². The first-order chi connectivity index (χ1) is 19.3. The van der Waals surface area contributed by atoms with E-state index in [4.69, 9.17) is 27.9 Å². The van der Waals surface area contributed by atoms with Crippen LogP contribution < -0.4 is 5.32 Å². The molecule has 6 heterocycles. The number of hydrogen-bond acceptors (Lipinski definition) is 7. The molecule has 4 aromatic rings. The fourth-order valence-corrected chi connectivity index (χ4v) is 5.08. The molecule has 4 aromatic heterocycles. The molecule has 0 saturated carbocycles. The molecule has 0 bridgehead atoms.